The van der Waals surface area contributed by atoms with E-state index in [1.165, 1.54) is 12.8 Å². The van der Waals surface area contributed by atoms with E-state index in [-0.39, 0.29) is 0 Å². The highest BCUT2D eigenvalue weighted by Gasteiger charge is 2.17. The predicted octanol–water partition coefficient (Wildman–Crippen LogP) is 2.71. The van der Waals surface area contributed by atoms with E-state index in [0.717, 1.165) is 30.8 Å². The van der Waals surface area contributed by atoms with Crippen LogP contribution in [0.1, 0.15) is 24.0 Å². The van der Waals surface area contributed by atoms with Gasteiger partial charge in [0.05, 0.1) is 7.11 Å². The zero-order chi connectivity index (χ0) is 12.1. The maximum Gasteiger partial charge on any atom is 0.127 e. The lowest BCUT2D eigenvalue weighted by molar-refractivity contribution is 0.356. The molecule has 0 amide bonds. The van der Waals surface area contributed by atoms with E-state index in [1.807, 2.05) is 6.07 Å². The Morgan fingerprint density at radius 1 is 1.29 bits per heavy atom. The molecule has 0 spiro atoms. The summed E-state index contributed by atoms with van der Waals surface area (Å²) in [4.78, 5) is 0. The number of methoxy groups -OCH3 is 1. The topological polar surface area (TPSA) is 21.3 Å². The lowest BCUT2D eigenvalue weighted by Gasteiger charge is -2.23. The van der Waals surface area contributed by atoms with Gasteiger partial charge in [-0.25, -0.2) is 4.39 Å². The van der Waals surface area contributed by atoms with Crippen LogP contribution in [0.5, 0.6) is 5.75 Å². The number of para-hydroxylation sites is 1. The van der Waals surface area contributed by atoms with Crippen molar-refractivity contribution >= 4 is 0 Å². The Hall–Kier alpha value is -1.09. The van der Waals surface area contributed by atoms with Crippen molar-refractivity contribution in [1.29, 1.82) is 0 Å². The molecule has 0 atom stereocenters. The second-order valence-electron chi connectivity index (χ2n) is 4.64. The summed E-state index contributed by atoms with van der Waals surface area (Å²) in [7, 11) is 1.63. The largest absolute Gasteiger partial charge is 0.496 e. The highest BCUT2D eigenvalue weighted by molar-refractivity contribution is 5.41. The van der Waals surface area contributed by atoms with Gasteiger partial charge in [-0.3, -0.25) is 0 Å². The molecule has 1 aromatic carbocycles. The van der Waals surface area contributed by atoms with Gasteiger partial charge in [0.1, 0.15) is 12.4 Å². The van der Waals surface area contributed by atoms with Gasteiger partial charge in [0, 0.05) is 5.56 Å². The summed E-state index contributed by atoms with van der Waals surface area (Å²) in [5, 5.41) is 3.36. The third-order valence-corrected chi connectivity index (χ3v) is 3.49. The van der Waals surface area contributed by atoms with Crippen LogP contribution < -0.4 is 10.1 Å². The van der Waals surface area contributed by atoms with Crippen molar-refractivity contribution in [2.24, 2.45) is 5.92 Å². The number of ether oxygens (including phenoxy) is 1. The highest BCUT2D eigenvalue weighted by atomic mass is 19.1. The number of piperidine rings is 1. The molecule has 17 heavy (non-hydrogen) atoms. The summed E-state index contributed by atoms with van der Waals surface area (Å²) in [5.41, 5.74) is 1.81. The van der Waals surface area contributed by atoms with Gasteiger partial charge < -0.3 is 10.1 Å². The van der Waals surface area contributed by atoms with Crippen LogP contribution in [0.4, 0.5) is 4.39 Å². The molecule has 1 aliphatic heterocycles. The van der Waals surface area contributed by atoms with Crippen molar-refractivity contribution in [3.63, 3.8) is 0 Å². The second-order valence-corrected chi connectivity index (χ2v) is 4.64. The van der Waals surface area contributed by atoms with Gasteiger partial charge in [0.2, 0.25) is 0 Å². The fourth-order valence-electron chi connectivity index (χ4n) is 2.56. The lowest BCUT2D eigenvalue weighted by atomic mass is 9.90. The number of halogens is 1. The van der Waals surface area contributed by atoms with E-state index in [0.29, 0.717) is 11.5 Å². The smallest absolute Gasteiger partial charge is 0.127 e. The number of nitrogens with one attached hydrogen (secondary N) is 1. The Balaban J connectivity index is 2.13. The highest BCUT2D eigenvalue weighted by Crippen LogP contribution is 2.29. The van der Waals surface area contributed by atoms with Crippen LogP contribution in [0.25, 0.3) is 0 Å². The molecule has 2 nitrogen and oxygen atoms in total. The van der Waals surface area contributed by atoms with Gasteiger partial charge >= 0.3 is 0 Å². The molecule has 0 aromatic heterocycles. The summed E-state index contributed by atoms with van der Waals surface area (Å²) >= 11 is 0. The Labute approximate surface area is 102 Å². The monoisotopic (exact) mass is 237 g/mol. The van der Waals surface area contributed by atoms with E-state index in [2.05, 4.69) is 11.4 Å². The average molecular weight is 237 g/mol. The normalized spacial score (nSPS) is 17.1. The number of benzene rings is 1. The fourth-order valence-corrected chi connectivity index (χ4v) is 2.56. The third-order valence-electron chi connectivity index (χ3n) is 3.49. The molecular formula is C14H20FNO. The Bertz CT molecular complexity index is 361. The van der Waals surface area contributed by atoms with E-state index >= 15 is 0 Å². The van der Waals surface area contributed by atoms with Crippen molar-refractivity contribution < 1.29 is 9.13 Å². The summed E-state index contributed by atoms with van der Waals surface area (Å²) in [6.45, 7) is 1.73. The molecule has 1 aliphatic rings. The molecule has 1 saturated heterocycles. The maximum absolute atomic E-state index is 12.8. The van der Waals surface area contributed by atoms with Gasteiger partial charge in [0.15, 0.2) is 0 Å². The number of hydrogen-bond donors (Lipinski definition) is 1. The fraction of sp³-hybridized carbons (Fsp3) is 0.571. The van der Waals surface area contributed by atoms with Crippen LogP contribution in [0, 0.1) is 5.92 Å². The number of hydrogen-bond acceptors (Lipinski definition) is 2. The number of alkyl halides is 1. The summed E-state index contributed by atoms with van der Waals surface area (Å²) in [5.74, 6) is 1.44. The van der Waals surface area contributed by atoms with Gasteiger partial charge in [-0.05, 0) is 43.8 Å². The van der Waals surface area contributed by atoms with E-state index < -0.39 is 6.67 Å². The van der Waals surface area contributed by atoms with Crippen molar-refractivity contribution in [1.82, 2.24) is 5.32 Å². The summed E-state index contributed by atoms with van der Waals surface area (Å²) < 4.78 is 18.2. The van der Waals surface area contributed by atoms with E-state index in [1.54, 1.807) is 13.2 Å². The number of rotatable bonds is 4. The molecule has 0 aliphatic carbocycles. The maximum atomic E-state index is 12.8. The molecule has 0 saturated carbocycles. The van der Waals surface area contributed by atoms with Crippen LogP contribution >= 0.6 is 0 Å². The first-order chi connectivity index (χ1) is 8.35. The molecular weight excluding hydrogens is 217 g/mol. The van der Waals surface area contributed by atoms with Crippen molar-refractivity contribution in [3.05, 3.63) is 29.3 Å². The molecule has 0 unspecified atom stereocenters. The van der Waals surface area contributed by atoms with Gasteiger partial charge in [0.25, 0.3) is 0 Å². The van der Waals surface area contributed by atoms with E-state index in [4.69, 9.17) is 4.74 Å². The molecule has 0 bridgehead atoms. The minimum absolute atomic E-state index is 0.455. The molecule has 2 rings (SSSR count). The van der Waals surface area contributed by atoms with Crippen LogP contribution in [0.15, 0.2) is 18.2 Å². The van der Waals surface area contributed by atoms with Crippen LogP contribution in [-0.4, -0.2) is 20.2 Å². The van der Waals surface area contributed by atoms with Crippen LogP contribution in [-0.2, 0) is 13.1 Å². The molecule has 1 heterocycles. The summed E-state index contributed by atoms with van der Waals surface area (Å²) in [6, 6.07) is 5.78. The van der Waals surface area contributed by atoms with Crippen LogP contribution in [0.2, 0.25) is 0 Å². The van der Waals surface area contributed by atoms with E-state index in [9.17, 15) is 4.39 Å². The second kappa shape index (κ2) is 6.01. The SMILES string of the molecule is COc1c(CF)cccc1CC1CCNCC1. The predicted molar refractivity (Wildman–Crippen MR) is 67.1 cm³/mol. The van der Waals surface area contributed by atoms with Gasteiger partial charge in [-0.2, -0.15) is 0 Å². The van der Waals surface area contributed by atoms with Gasteiger partial charge in [-0.1, -0.05) is 18.2 Å². The lowest BCUT2D eigenvalue weighted by Crippen LogP contribution is -2.28. The molecule has 3 heteroatoms. The first-order valence-electron chi connectivity index (χ1n) is 6.26. The zero-order valence-corrected chi connectivity index (χ0v) is 10.3. The first-order valence-corrected chi connectivity index (χ1v) is 6.26. The molecule has 1 N–H and O–H groups in total. The molecule has 0 radical (unpaired) electrons. The Morgan fingerprint density at radius 2 is 2.00 bits per heavy atom. The standard InChI is InChI=1S/C14H20FNO/c1-17-14-12(3-2-4-13(14)10-15)9-11-5-7-16-8-6-11/h2-4,11,16H,5-10H2,1H3. The first kappa shape index (κ1) is 12.4. The molecule has 1 aromatic rings. The van der Waals surface area contributed by atoms with Crippen molar-refractivity contribution in [2.45, 2.75) is 25.9 Å². The Morgan fingerprint density at radius 3 is 2.65 bits per heavy atom. The third kappa shape index (κ3) is 2.97. The molecule has 94 valence electrons. The zero-order valence-electron chi connectivity index (χ0n) is 10.3. The Kier molecular flexibility index (Phi) is 4.37. The van der Waals surface area contributed by atoms with Gasteiger partial charge in [-0.15, -0.1) is 0 Å². The summed E-state index contributed by atoms with van der Waals surface area (Å²) in [6.07, 6.45) is 3.39. The molecule has 1 fully saturated rings. The average Bonchev–Trinajstić information content (AvgIpc) is 2.39. The van der Waals surface area contributed by atoms with Crippen LogP contribution in [0.3, 0.4) is 0 Å². The minimum atomic E-state index is -0.455. The minimum Gasteiger partial charge on any atom is -0.496 e. The van der Waals surface area contributed by atoms with Crippen molar-refractivity contribution in [2.75, 3.05) is 20.2 Å². The quantitative estimate of drug-likeness (QED) is 0.869. The van der Waals surface area contributed by atoms with Crippen molar-refractivity contribution in [3.8, 4) is 5.75 Å².